The molecule has 0 spiro atoms. The Hall–Kier alpha value is -1.42. The van der Waals surface area contributed by atoms with Crippen molar-refractivity contribution in [2.45, 2.75) is 32.0 Å². The first-order chi connectivity index (χ1) is 7.98. The van der Waals surface area contributed by atoms with Crippen LogP contribution < -0.4 is 5.32 Å². The molecule has 0 aromatic heterocycles. The molecule has 1 heterocycles. The normalized spacial score (nSPS) is 28.8. The Kier molecular flexibility index (Phi) is 2.91. The number of amides is 1. The van der Waals surface area contributed by atoms with Crippen molar-refractivity contribution in [1.29, 1.82) is 0 Å². The topological polar surface area (TPSA) is 32.3 Å². The van der Waals surface area contributed by atoms with Crippen LogP contribution in [0.15, 0.2) is 24.3 Å². The van der Waals surface area contributed by atoms with Crippen LogP contribution in [0.4, 0.5) is 4.39 Å². The molecule has 92 valence electrons. The molecule has 1 aliphatic heterocycles. The number of nitrogens with one attached hydrogen (secondary N) is 1. The number of carbonyl (C=O) groups is 1. The zero-order valence-corrected chi connectivity index (χ0v) is 10.3. The molecule has 4 heteroatoms. The minimum absolute atomic E-state index is 0.0502. The Bertz CT molecular complexity index is 449. The SMILES string of the molecule is CCC1(C)NC(c2cccc(F)c2)N(C)C1=O. The molecule has 1 aromatic rings. The van der Waals surface area contributed by atoms with E-state index in [0.29, 0.717) is 6.42 Å². The number of benzene rings is 1. The summed E-state index contributed by atoms with van der Waals surface area (Å²) in [7, 11) is 1.74. The van der Waals surface area contributed by atoms with E-state index in [1.165, 1.54) is 12.1 Å². The molecule has 2 unspecified atom stereocenters. The molecule has 0 aliphatic carbocycles. The minimum atomic E-state index is -0.550. The molecule has 1 N–H and O–H groups in total. The Morgan fingerprint density at radius 3 is 2.76 bits per heavy atom. The summed E-state index contributed by atoms with van der Waals surface area (Å²) < 4.78 is 13.2. The number of likely N-dealkylation sites (N-methyl/N-ethyl adjacent to an activating group) is 1. The van der Waals surface area contributed by atoms with Crippen molar-refractivity contribution in [3.63, 3.8) is 0 Å². The van der Waals surface area contributed by atoms with Gasteiger partial charge in [-0.15, -0.1) is 0 Å². The molecule has 0 saturated carbocycles. The zero-order chi connectivity index (χ0) is 12.6. The second-order valence-corrected chi connectivity index (χ2v) is 4.70. The lowest BCUT2D eigenvalue weighted by Gasteiger charge is -2.20. The highest BCUT2D eigenvalue weighted by Gasteiger charge is 2.45. The first kappa shape index (κ1) is 12.0. The van der Waals surface area contributed by atoms with Crippen LogP contribution in [0.3, 0.4) is 0 Å². The lowest BCUT2D eigenvalue weighted by atomic mass is 9.99. The summed E-state index contributed by atoms with van der Waals surface area (Å²) in [6.45, 7) is 3.85. The molecule has 1 aliphatic rings. The molecule has 1 fully saturated rings. The number of nitrogens with zero attached hydrogens (tertiary/aromatic N) is 1. The monoisotopic (exact) mass is 236 g/mol. The Morgan fingerprint density at radius 2 is 2.24 bits per heavy atom. The maximum Gasteiger partial charge on any atom is 0.243 e. The van der Waals surface area contributed by atoms with E-state index in [1.54, 1.807) is 18.0 Å². The molecule has 1 amide bonds. The smallest absolute Gasteiger partial charge is 0.243 e. The quantitative estimate of drug-likeness (QED) is 0.852. The first-order valence-corrected chi connectivity index (χ1v) is 5.78. The van der Waals surface area contributed by atoms with E-state index in [4.69, 9.17) is 0 Å². The molecule has 2 rings (SSSR count). The first-order valence-electron chi connectivity index (χ1n) is 5.78. The van der Waals surface area contributed by atoms with Crippen molar-refractivity contribution in [3.8, 4) is 0 Å². The van der Waals surface area contributed by atoms with E-state index in [2.05, 4.69) is 5.32 Å². The highest BCUT2D eigenvalue weighted by atomic mass is 19.1. The number of halogens is 1. The lowest BCUT2D eigenvalue weighted by molar-refractivity contribution is -0.131. The Balaban J connectivity index is 2.33. The van der Waals surface area contributed by atoms with E-state index in [9.17, 15) is 9.18 Å². The van der Waals surface area contributed by atoms with Crippen LogP contribution in [0.5, 0.6) is 0 Å². The average Bonchev–Trinajstić information content (AvgIpc) is 2.55. The van der Waals surface area contributed by atoms with Gasteiger partial charge in [0.2, 0.25) is 5.91 Å². The van der Waals surface area contributed by atoms with Gasteiger partial charge < -0.3 is 4.90 Å². The third-order valence-electron chi connectivity index (χ3n) is 3.51. The fourth-order valence-corrected chi connectivity index (χ4v) is 2.20. The summed E-state index contributed by atoms with van der Waals surface area (Å²) in [6, 6.07) is 6.35. The molecule has 0 bridgehead atoms. The highest BCUT2D eigenvalue weighted by molar-refractivity contribution is 5.88. The summed E-state index contributed by atoms with van der Waals surface area (Å²) in [5, 5.41) is 3.27. The van der Waals surface area contributed by atoms with Gasteiger partial charge in [-0.2, -0.15) is 0 Å². The maximum atomic E-state index is 13.2. The predicted molar refractivity (Wildman–Crippen MR) is 63.7 cm³/mol. The van der Waals surface area contributed by atoms with Crippen molar-refractivity contribution in [2.24, 2.45) is 0 Å². The minimum Gasteiger partial charge on any atom is -0.324 e. The third kappa shape index (κ3) is 1.93. The molecule has 17 heavy (non-hydrogen) atoms. The van der Waals surface area contributed by atoms with Gasteiger partial charge in [-0.3, -0.25) is 10.1 Å². The molecule has 1 saturated heterocycles. The van der Waals surface area contributed by atoms with Gasteiger partial charge in [0.05, 0.1) is 5.54 Å². The average molecular weight is 236 g/mol. The van der Waals surface area contributed by atoms with Gasteiger partial charge in [0, 0.05) is 7.05 Å². The second kappa shape index (κ2) is 4.11. The van der Waals surface area contributed by atoms with Crippen LogP contribution in [0.1, 0.15) is 32.0 Å². The van der Waals surface area contributed by atoms with Crippen LogP contribution in [-0.2, 0) is 4.79 Å². The largest absolute Gasteiger partial charge is 0.324 e. The van der Waals surface area contributed by atoms with Gasteiger partial charge in [-0.25, -0.2) is 4.39 Å². The van der Waals surface area contributed by atoms with Gasteiger partial charge in [0.1, 0.15) is 12.0 Å². The number of carbonyl (C=O) groups excluding carboxylic acids is 1. The van der Waals surface area contributed by atoms with Crippen molar-refractivity contribution < 1.29 is 9.18 Å². The fourth-order valence-electron chi connectivity index (χ4n) is 2.20. The van der Waals surface area contributed by atoms with E-state index in [-0.39, 0.29) is 17.9 Å². The van der Waals surface area contributed by atoms with E-state index in [1.807, 2.05) is 19.9 Å². The van der Waals surface area contributed by atoms with Crippen molar-refractivity contribution in [3.05, 3.63) is 35.6 Å². The summed E-state index contributed by atoms with van der Waals surface area (Å²) in [5.74, 6) is -0.232. The summed E-state index contributed by atoms with van der Waals surface area (Å²) in [5.41, 5.74) is 0.226. The Morgan fingerprint density at radius 1 is 1.53 bits per heavy atom. The standard InChI is InChI=1S/C13H17FN2O/c1-4-13(2)12(17)16(3)11(15-13)9-6-5-7-10(14)8-9/h5-8,11,15H,4H2,1-3H3. The van der Waals surface area contributed by atoms with Gasteiger partial charge in [-0.1, -0.05) is 19.1 Å². The summed E-state index contributed by atoms with van der Waals surface area (Å²) in [6.07, 6.45) is 0.463. The molecule has 2 atom stereocenters. The van der Waals surface area contributed by atoms with Crippen LogP contribution in [0, 0.1) is 5.82 Å². The van der Waals surface area contributed by atoms with Crippen molar-refractivity contribution in [2.75, 3.05) is 7.05 Å². The zero-order valence-electron chi connectivity index (χ0n) is 10.3. The third-order valence-corrected chi connectivity index (χ3v) is 3.51. The predicted octanol–water partition coefficient (Wildman–Crippen LogP) is 2.05. The van der Waals surface area contributed by atoms with Gasteiger partial charge in [0.25, 0.3) is 0 Å². The molecule has 1 aromatic carbocycles. The van der Waals surface area contributed by atoms with Crippen LogP contribution >= 0.6 is 0 Å². The molecule has 3 nitrogen and oxygen atoms in total. The van der Waals surface area contributed by atoms with Crippen LogP contribution in [0.25, 0.3) is 0 Å². The Labute approximate surface area is 101 Å². The maximum absolute atomic E-state index is 13.2. The van der Waals surface area contributed by atoms with Crippen molar-refractivity contribution in [1.82, 2.24) is 10.2 Å². The molecule has 0 radical (unpaired) electrons. The van der Waals surface area contributed by atoms with E-state index >= 15 is 0 Å². The molecular weight excluding hydrogens is 219 g/mol. The summed E-state index contributed by atoms with van der Waals surface area (Å²) in [4.78, 5) is 13.7. The van der Waals surface area contributed by atoms with Gasteiger partial charge >= 0.3 is 0 Å². The van der Waals surface area contributed by atoms with E-state index in [0.717, 1.165) is 5.56 Å². The highest BCUT2D eigenvalue weighted by Crippen LogP contribution is 2.31. The molecular formula is C13H17FN2O. The van der Waals surface area contributed by atoms with E-state index < -0.39 is 5.54 Å². The lowest BCUT2D eigenvalue weighted by Crippen LogP contribution is -2.42. The summed E-state index contributed by atoms with van der Waals surface area (Å²) >= 11 is 0. The number of hydrogen-bond donors (Lipinski definition) is 1. The van der Waals surface area contributed by atoms with Crippen LogP contribution in [-0.4, -0.2) is 23.4 Å². The van der Waals surface area contributed by atoms with Crippen molar-refractivity contribution >= 4 is 5.91 Å². The second-order valence-electron chi connectivity index (χ2n) is 4.70. The van der Waals surface area contributed by atoms with Crippen LogP contribution in [0.2, 0.25) is 0 Å². The number of rotatable bonds is 2. The van der Waals surface area contributed by atoms with Gasteiger partial charge in [-0.05, 0) is 31.0 Å². The van der Waals surface area contributed by atoms with Gasteiger partial charge in [0.15, 0.2) is 0 Å². The number of hydrogen-bond acceptors (Lipinski definition) is 2. The fraction of sp³-hybridized carbons (Fsp3) is 0.462.